The number of rotatable bonds is 2. The van der Waals surface area contributed by atoms with Crippen LogP contribution in [-0.2, 0) is 9.59 Å². The third-order valence-electron chi connectivity index (χ3n) is 3.00. The molecule has 2 fully saturated rings. The predicted molar refractivity (Wildman–Crippen MR) is 55.0 cm³/mol. The van der Waals surface area contributed by atoms with Crippen molar-refractivity contribution in [3.05, 3.63) is 0 Å². The van der Waals surface area contributed by atoms with Gasteiger partial charge in [0.2, 0.25) is 0 Å². The standard InChI is InChI=1S/C9H11N3O2S/c1-11-9(5-13)2-7-12(8(9)14)6(3-10)4-15-7/h5-7,11H,2,4H2,1H3/t6-,7+,9+/m1/s1. The molecule has 6 heteroatoms. The molecule has 0 aromatic heterocycles. The van der Waals surface area contributed by atoms with Crippen LogP contribution in [0.25, 0.3) is 0 Å². The lowest BCUT2D eigenvalue weighted by atomic mass is 10.0. The predicted octanol–water partition coefficient (Wildman–Crippen LogP) is -0.659. The van der Waals surface area contributed by atoms with Gasteiger partial charge in [0.1, 0.15) is 12.3 Å². The third kappa shape index (κ3) is 1.27. The molecular formula is C9H11N3O2S. The molecule has 0 aromatic rings. The fraction of sp³-hybridized carbons (Fsp3) is 0.667. The van der Waals surface area contributed by atoms with Gasteiger partial charge < -0.3 is 15.0 Å². The van der Waals surface area contributed by atoms with E-state index in [1.165, 1.54) is 4.90 Å². The molecule has 5 nitrogen and oxygen atoms in total. The first-order valence-corrected chi connectivity index (χ1v) is 5.72. The Morgan fingerprint density at radius 1 is 1.80 bits per heavy atom. The fourth-order valence-electron chi connectivity index (χ4n) is 2.05. The number of likely N-dealkylation sites (N-methyl/N-ethyl adjacent to an activating group) is 1. The molecule has 1 N–H and O–H groups in total. The lowest BCUT2D eigenvalue weighted by Gasteiger charge is -2.22. The number of fused-ring (bicyclic) bond motifs is 1. The summed E-state index contributed by atoms with van der Waals surface area (Å²) < 4.78 is 0. The van der Waals surface area contributed by atoms with Crippen molar-refractivity contribution in [2.75, 3.05) is 12.8 Å². The molecule has 2 rings (SSSR count). The van der Waals surface area contributed by atoms with Gasteiger partial charge in [-0.2, -0.15) is 5.26 Å². The number of hydrogen-bond acceptors (Lipinski definition) is 5. The van der Waals surface area contributed by atoms with Crippen LogP contribution in [0.5, 0.6) is 0 Å². The molecule has 0 radical (unpaired) electrons. The van der Waals surface area contributed by atoms with Gasteiger partial charge in [0.15, 0.2) is 5.54 Å². The van der Waals surface area contributed by atoms with Gasteiger partial charge in [-0.15, -0.1) is 11.8 Å². The Balaban J connectivity index is 2.31. The van der Waals surface area contributed by atoms with E-state index in [9.17, 15) is 9.59 Å². The summed E-state index contributed by atoms with van der Waals surface area (Å²) in [4.78, 5) is 24.5. The zero-order valence-electron chi connectivity index (χ0n) is 8.27. The van der Waals surface area contributed by atoms with Crippen molar-refractivity contribution >= 4 is 24.0 Å². The molecule has 1 amide bonds. The van der Waals surface area contributed by atoms with E-state index in [-0.39, 0.29) is 17.3 Å². The molecule has 0 bridgehead atoms. The van der Waals surface area contributed by atoms with E-state index >= 15 is 0 Å². The Morgan fingerprint density at radius 2 is 2.53 bits per heavy atom. The molecule has 80 valence electrons. The molecule has 15 heavy (non-hydrogen) atoms. The van der Waals surface area contributed by atoms with Crippen LogP contribution in [0.2, 0.25) is 0 Å². The third-order valence-corrected chi connectivity index (χ3v) is 4.29. The van der Waals surface area contributed by atoms with Crippen molar-refractivity contribution < 1.29 is 9.59 Å². The Kier molecular flexibility index (Phi) is 2.44. The summed E-state index contributed by atoms with van der Waals surface area (Å²) in [7, 11) is 1.60. The van der Waals surface area contributed by atoms with E-state index in [1.54, 1.807) is 18.8 Å². The van der Waals surface area contributed by atoms with E-state index < -0.39 is 5.54 Å². The molecule has 0 aliphatic carbocycles. The average Bonchev–Trinajstić information content (AvgIpc) is 2.77. The molecule has 2 aliphatic heterocycles. The minimum absolute atomic E-state index is 0.0280. The lowest BCUT2D eigenvalue weighted by Crippen LogP contribution is -2.53. The molecule has 0 saturated carbocycles. The second-order valence-corrected chi connectivity index (χ2v) is 4.90. The molecule has 0 aromatic carbocycles. The van der Waals surface area contributed by atoms with Crippen LogP contribution in [0.4, 0.5) is 0 Å². The van der Waals surface area contributed by atoms with E-state index in [4.69, 9.17) is 5.26 Å². The second-order valence-electron chi connectivity index (χ2n) is 3.69. The molecule has 0 spiro atoms. The molecule has 0 unspecified atom stereocenters. The topological polar surface area (TPSA) is 73.2 Å². The highest BCUT2D eigenvalue weighted by Crippen LogP contribution is 2.40. The number of aldehydes is 1. The Bertz CT molecular complexity index is 354. The second kappa shape index (κ2) is 3.51. The molecule has 2 heterocycles. The first-order valence-electron chi connectivity index (χ1n) is 4.68. The highest BCUT2D eigenvalue weighted by molar-refractivity contribution is 8.00. The lowest BCUT2D eigenvalue weighted by molar-refractivity contribution is -0.136. The number of nitriles is 1. The smallest absolute Gasteiger partial charge is 0.252 e. The summed E-state index contributed by atoms with van der Waals surface area (Å²) in [5.41, 5.74) is -1.10. The van der Waals surface area contributed by atoms with Gasteiger partial charge in [-0.05, 0) is 7.05 Å². The zero-order valence-corrected chi connectivity index (χ0v) is 9.08. The van der Waals surface area contributed by atoms with Gasteiger partial charge in [-0.1, -0.05) is 0 Å². The van der Waals surface area contributed by atoms with Crippen LogP contribution in [0.15, 0.2) is 0 Å². The summed E-state index contributed by atoms with van der Waals surface area (Å²) in [5, 5.41) is 11.6. The Morgan fingerprint density at radius 3 is 3.07 bits per heavy atom. The summed E-state index contributed by atoms with van der Waals surface area (Å²) in [5.74, 6) is 0.382. The molecule has 3 atom stereocenters. The van der Waals surface area contributed by atoms with Crippen LogP contribution < -0.4 is 5.32 Å². The first-order chi connectivity index (χ1) is 7.18. The number of carbonyl (C=O) groups excluding carboxylic acids is 2. The summed E-state index contributed by atoms with van der Waals surface area (Å²) in [6, 6.07) is 1.71. The van der Waals surface area contributed by atoms with Gasteiger partial charge in [-0.3, -0.25) is 4.79 Å². The van der Waals surface area contributed by atoms with Crippen LogP contribution in [0, 0.1) is 11.3 Å². The van der Waals surface area contributed by atoms with Crippen molar-refractivity contribution in [3.63, 3.8) is 0 Å². The number of hydrogen-bond donors (Lipinski definition) is 1. The van der Waals surface area contributed by atoms with Gasteiger partial charge >= 0.3 is 0 Å². The monoisotopic (exact) mass is 225 g/mol. The van der Waals surface area contributed by atoms with Crippen LogP contribution in [0.1, 0.15) is 6.42 Å². The maximum absolute atomic E-state index is 12.0. The van der Waals surface area contributed by atoms with E-state index in [2.05, 4.69) is 11.4 Å². The number of nitrogens with one attached hydrogen (secondary N) is 1. The summed E-state index contributed by atoms with van der Waals surface area (Å²) in [6.45, 7) is 0. The first kappa shape index (κ1) is 10.5. The number of thioether (sulfide) groups is 1. The van der Waals surface area contributed by atoms with E-state index in [0.717, 1.165) is 0 Å². The number of amides is 1. The summed E-state index contributed by atoms with van der Waals surface area (Å²) >= 11 is 1.57. The Hall–Kier alpha value is -1.06. The number of nitrogens with zero attached hydrogens (tertiary/aromatic N) is 2. The largest absolute Gasteiger partial charge is 0.312 e. The summed E-state index contributed by atoms with van der Waals surface area (Å²) in [6.07, 6.45) is 1.11. The zero-order chi connectivity index (χ0) is 11.1. The molecule has 2 aliphatic rings. The van der Waals surface area contributed by atoms with Gasteiger partial charge in [-0.25, -0.2) is 0 Å². The minimum Gasteiger partial charge on any atom is -0.312 e. The average molecular weight is 225 g/mol. The maximum atomic E-state index is 12.0. The SMILES string of the molecule is CN[C@]1(C=O)C[C@@H]2SC[C@@H](C#N)N2C1=O. The van der Waals surface area contributed by atoms with Crippen LogP contribution in [0.3, 0.4) is 0 Å². The van der Waals surface area contributed by atoms with E-state index in [1.807, 2.05) is 0 Å². The number of carbonyl (C=O) groups is 2. The Labute approximate surface area is 91.8 Å². The van der Waals surface area contributed by atoms with Crippen molar-refractivity contribution in [1.29, 1.82) is 5.26 Å². The molecular weight excluding hydrogens is 214 g/mol. The maximum Gasteiger partial charge on any atom is 0.252 e. The van der Waals surface area contributed by atoms with Gasteiger partial charge in [0.05, 0.1) is 11.4 Å². The minimum atomic E-state index is -1.10. The van der Waals surface area contributed by atoms with Gasteiger partial charge in [0.25, 0.3) is 5.91 Å². The van der Waals surface area contributed by atoms with Crippen molar-refractivity contribution in [2.45, 2.75) is 23.4 Å². The normalized spacial score (nSPS) is 38.9. The fourth-order valence-corrected chi connectivity index (χ4v) is 3.48. The van der Waals surface area contributed by atoms with Crippen molar-refractivity contribution in [3.8, 4) is 6.07 Å². The van der Waals surface area contributed by atoms with Gasteiger partial charge in [0, 0.05) is 12.2 Å². The molecule has 2 saturated heterocycles. The van der Waals surface area contributed by atoms with Crippen molar-refractivity contribution in [2.24, 2.45) is 0 Å². The van der Waals surface area contributed by atoms with Crippen LogP contribution in [-0.4, -0.2) is 46.8 Å². The quantitative estimate of drug-likeness (QED) is 0.499. The van der Waals surface area contributed by atoms with E-state index in [0.29, 0.717) is 18.5 Å². The highest BCUT2D eigenvalue weighted by atomic mass is 32.2. The van der Waals surface area contributed by atoms with Crippen LogP contribution >= 0.6 is 11.8 Å². The van der Waals surface area contributed by atoms with Crippen molar-refractivity contribution in [1.82, 2.24) is 10.2 Å². The highest BCUT2D eigenvalue weighted by Gasteiger charge is 2.56.